The summed E-state index contributed by atoms with van der Waals surface area (Å²) in [6.45, 7) is 2.65. The van der Waals surface area contributed by atoms with E-state index in [4.69, 9.17) is 4.74 Å². The Balaban J connectivity index is 1.36. The first-order valence-corrected chi connectivity index (χ1v) is 12.9. The molecule has 0 saturated heterocycles. The first kappa shape index (κ1) is 26.0. The van der Waals surface area contributed by atoms with Crippen molar-refractivity contribution in [2.24, 2.45) is 0 Å². The summed E-state index contributed by atoms with van der Waals surface area (Å²) >= 11 is 0. The van der Waals surface area contributed by atoms with Gasteiger partial charge in [0, 0.05) is 29.3 Å². The molecule has 1 saturated carbocycles. The fourth-order valence-electron chi connectivity index (χ4n) is 4.43. The second kappa shape index (κ2) is 11.4. The molecule has 4 aromatic rings. The average molecular weight is 529 g/mol. The number of anilines is 1. The minimum absolute atomic E-state index is 0.0226. The first-order chi connectivity index (χ1) is 18.9. The van der Waals surface area contributed by atoms with Crippen LogP contribution in [0.1, 0.15) is 53.7 Å². The predicted octanol–water partition coefficient (Wildman–Crippen LogP) is 6.07. The summed E-state index contributed by atoms with van der Waals surface area (Å²) in [5.74, 6) is 0.195. The molecule has 2 amide bonds. The molecule has 0 spiro atoms. The molecule has 1 heterocycles. The Labute approximate surface area is 225 Å². The number of carbonyl (C=O) groups is 2. The van der Waals surface area contributed by atoms with E-state index in [-0.39, 0.29) is 29.9 Å². The molecular formula is C30H29FN4O4. The van der Waals surface area contributed by atoms with Crippen molar-refractivity contribution >= 4 is 17.6 Å². The van der Waals surface area contributed by atoms with E-state index in [1.54, 1.807) is 48.5 Å². The zero-order chi connectivity index (χ0) is 27.4. The fraction of sp³-hybridized carbons (Fsp3) is 0.233. The van der Waals surface area contributed by atoms with Crippen LogP contribution in [0.25, 0.3) is 11.3 Å². The maximum atomic E-state index is 13.2. The highest BCUT2D eigenvalue weighted by Gasteiger charge is 2.27. The van der Waals surface area contributed by atoms with Gasteiger partial charge in [-0.05, 0) is 86.0 Å². The molecule has 0 atom stereocenters. The zero-order valence-electron chi connectivity index (χ0n) is 21.5. The molecule has 1 aliphatic rings. The fourth-order valence-corrected chi connectivity index (χ4v) is 4.43. The summed E-state index contributed by atoms with van der Waals surface area (Å²) < 4.78 is 20.0. The average Bonchev–Trinajstić information content (AvgIpc) is 3.33. The lowest BCUT2D eigenvalue weighted by molar-refractivity contribution is 0.102. The number of nitrogens with one attached hydrogen (secondary N) is 2. The number of halogens is 1. The molecule has 1 aromatic heterocycles. The van der Waals surface area contributed by atoms with Crippen LogP contribution in [-0.2, 0) is 6.54 Å². The highest BCUT2D eigenvalue weighted by atomic mass is 19.1. The molecule has 8 nitrogen and oxygen atoms in total. The van der Waals surface area contributed by atoms with Gasteiger partial charge in [-0.3, -0.25) is 4.79 Å². The number of benzene rings is 3. The van der Waals surface area contributed by atoms with E-state index in [1.165, 1.54) is 22.9 Å². The third-order valence-corrected chi connectivity index (χ3v) is 6.77. The van der Waals surface area contributed by atoms with Crippen LogP contribution in [0.5, 0.6) is 11.5 Å². The van der Waals surface area contributed by atoms with Gasteiger partial charge in [0.25, 0.3) is 5.91 Å². The molecule has 0 radical (unpaired) electrons. The molecule has 1 fully saturated rings. The smallest absolute Gasteiger partial charge is 0.342 e. The summed E-state index contributed by atoms with van der Waals surface area (Å²) in [7, 11) is 0. The van der Waals surface area contributed by atoms with Gasteiger partial charge in [0.1, 0.15) is 17.3 Å². The SMILES string of the molecule is CCOc1ccc(C(=O)Nc2ccc(O)c(-c3cc(C4CCC4)n(C(=O)NCc4ccc(F)cc4)n3)c2)cc1. The van der Waals surface area contributed by atoms with Gasteiger partial charge in [-0.1, -0.05) is 18.6 Å². The van der Waals surface area contributed by atoms with Gasteiger partial charge in [0.2, 0.25) is 0 Å². The molecule has 0 bridgehead atoms. The molecule has 9 heteroatoms. The van der Waals surface area contributed by atoms with Gasteiger partial charge < -0.3 is 20.5 Å². The van der Waals surface area contributed by atoms with Crippen molar-refractivity contribution in [1.82, 2.24) is 15.1 Å². The monoisotopic (exact) mass is 528 g/mol. The van der Waals surface area contributed by atoms with Gasteiger partial charge in [-0.2, -0.15) is 9.78 Å². The molecule has 0 unspecified atom stereocenters. The number of aromatic hydroxyl groups is 1. The normalized spacial score (nSPS) is 13.0. The number of nitrogens with zero attached hydrogens (tertiary/aromatic N) is 2. The third kappa shape index (κ3) is 5.93. The molecule has 39 heavy (non-hydrogen) atoms. The van der Waals surface area contributed by atoms with Gasteiger partial charge in [-0.25, -0.2) is 9.18 Å². The van der Waals surface area contributed by atoms with Crippen LogP contribution in [0.4, 0.5) is 14.9 Å². The molecule has 0 aliphatic heterocycles. The van der Waals surface area contributed by atoms with Crippen LogP contribution in [-0.4, -0.2) is 33.4 Å². The minimum Gasteiger partial charge on any atom is -0.507 e. The largest absolute Gasteiger partial charge is 0.507 e. The van der Waals surface area contributed by atoms with Crippen molar-refractivity contribution in [2.45, 2.75) is 38.6 Å². The Morgan fingerprint density at radius 3 is 2.46 bits per heavy atom. The molecule has 3 aromatic carbocycles. The Morgan fingerprint density at radius 2 is 1.79 bits per heavy atom. The molecule has 200 valence electrons. The van der Waals surface area contributed by atoms with Crippen LogP contribution in [0.2, 0.25) is 0 Å². The Hall–Kier alpha value is -4.66. The predicted molar refractivity (Wildman–Crippen MR) is 146 cm³/mol. The van der Waals surface area contributed by atoms with Gasteiger partial charge in [-0.15, -0.1) is 0 Å². The highest BCUT2D eigenvalue weighted by molar-refractivity contribution is 6.04. The Morgan fingerprint density at radius 1 is 1.05 bits per heavy atom. The summed E-state index contributed by atoms with van der Waals surface area (Å²) in [5.41, 5.74) is 3.27. The number of hydrogen-bond donors (Lipinski definition) is 3. The van der Waals surface area contributed by atoms with E-state index in [0.717, 1.165) is 30.5 Å². The van der Waals surface area contributed by atoms with Crippen molar-refractivity contribution in [3.05, 3.63) is 95.4 Å². The number of aromatic nitrogens is 2. The van der Waals surface area contributed by atoms with E-state index < -0.39 is 6.03 Å². The Bertz CT molecular complexity index is 1480. The van der Waals surface area contributed by atoms with Gasteiger partial charge >= 0.3 is 6.03 Å². The van der Waals surface area contributed by atoms with E-state index in [9.17, 15) is 19.1 Å². The number of carbonyl (C=O) groups excluding carboxylic acids is 2. The lowest BCUT2D eigenvalue weighted by Gasteiger charge is -2.25. The van der Waals surface area contributed by atoms with Crippen LogP contribution in [0.3, 0.4) is 0 Å². The molecular weight excluding hydrogens is 499 g/mol. The van der Waals surface area contributed by atoms with Crippen LogP contribution in [0.15, 0.2) is 72.8 Å². The second-order valence-corrected chi connectivity index (χ2v) is 9.42. The van der Waals surface area contributed by atoms with Crippen molar-refractivity contribution in [1.29, 1.82) is 0 Å². The number of amides is 2. The topological polar surface area (TPSA) is 105 Å². The number of ether oxygens (including phenoxy) is 1. The van der Waals surface area contributed by atoms with Crippen LogP contribution in [0, 0.1) is 5.82 Å². The number of hydrogen-bond acceptors (Lipinski definition) is 5. The zero-order valence-corrected chi connectivity index (χ0v) is 21.5. The molecule has 1 aliphatic carbocycles. The van der Waals surface area contributed by atoms with E-state index in [2.05, 4.69) is 15.7 Å². The van der Waals surface area contributed by atoms with Crippen LogP contribution >= 0.6 is 0 Å². The number of phenolic OH excluding ortho intramolecular Hbond substituents is 1. The van der Waals surface area contributed by atoms with Crippen molar-refractivity contribution in [2.75, 3.05) is 11.9 Å². The van der Waals surface area contributed by atoms with E-state index in [1.807, 2.05) is 13.0 Å². The van der Waals surface area contributed by atoms with Crippen molar-refractivity contribution < 1.29 is 23.8 Å². The van der Waals surface area contributed by atoms with E-state index in [0.29, 0.717) is 34.9 Å². The summed E-state index contributed by atoms with van der Waals surface area (Å²) in [5, 5.41) is 20.9. The lowest BCUT2D eigenvalue weighted by atomic mass is 9.82. The van der Waals surface area contributed by atoms with E-state index >= 15 is 0 Å². The standard InChI is InChI=1S/C30H29FN4O4/c1-2-39-24-13-8-21(9-14-24)29(37)33-23-12-15-28(36)25(16-23)26-17-27(20-4-3-5-20)35(34-26)30(38)32-18-19-6-10-22(31)11-7-19/h6-17,20,36H,2-5,18H2,1H3,(H,32,38)(H,33,37). The number of rotatable bonds is 8. The molecule has 5 rings (SSSR count). The lowest BCUT2D eigenvalue weighted by Crippen LogP contribution is -2.31. The molecule has 3 N–H and O–H groups in total. The maximum absolute atomic E-state index is 13.2. The number of phenols is 1. The van der Waals surface area contributed by atoms with Crippen molar-refractivity contribution in [3.63, 3.8) is 0 Å². The third-order valence-electron chi connectivity index (χ3n) is 6.77. The summed E-state index contributed by atoms with van der Waals surface area (Å²) in [6, 6.07) is 18.9. The van der Waals surface area contributed by atoms with Gasteiger partial charge in [0.05, 0.1) is 18.0 Å². The minimum atomic E-state index is -0.410. The second-order valence-electron chi connectivity index (χ2n) is 9.42. The summed E-state index contributed by atoms with van der Waals surface area (Å²) in [6.07, 6.45) is 2.96. The quantitative estimate of drug-likeness (QED) is 0.241. The summed E-state index contributed by atoms with van der Waals surface area (Å²) in [4.78, 5) is 25.9. The van der Waals surface area contributed by atoms with Gasteiger partial charge in [0.15, 0.2) is 0 Å². The maximum Gasteiger partial charge on any atom is 0.342 e. The first-order valence-electron chi connectivity index (χ1n) is 12.9. The Kier molecular flexibility index (Phi) is 7.58. The van der Waals surface area contributed by atoms with Crippen LogP contribution < -0.4 is 15.4 Å². The van der Waals surface area contributed by atoms with Crippen molar-refractivity contribution in [3.8, 4) is 22.8 Å². The highest BCUT2D eigenvalue weighted by Crippen LogP contribution is 2.39.